The van der Waals surface area contributed by atoms with Crippen LogP contribution in [0.1, 0.15) is 36.2 Å². The van der Waals surface area contributed by atoms with Crippen LogP contribution in [-0.2, 0) is 11.2 Å². The Kier molecular flexibility index (Phi) is 6.88. The van der Waals surface area contributed by atoms with E-state index in [1.807, 2.05) is 26.0 Å². The maximum Gasteiger partial charge on any atom is 0.251 e. The van der Waals surface area contributed by atoms with Crippen LogP contribution in [0.2, 0.25) is 0 Å². The molecule has 4 N–H and O–H groups in total. The zero-order valence-corrected chi connectivity index (χ0v) is 13.0. The zero-order valence-electron chi connectivity index (χ0n) is 13.0. The lowest BCUT2D eigenvalue weighted by Crippen LogP contribution is -2.46. The number of amides is 2. The molecule has 1 atom stereocenters. The number of rotatable bonds is 7. The summed E-state index contributed by atoms with van der Waals surface area (Å²) in [6.07, 6.45) is 1.40. The van der Waals surface area contributed by atoms with Crippen LogP contribution in [0, 0.1) is 5.92 Å². The lowest BCUT2D eigenvalue weighted by Gasteiger charge is -2.19. The summed E-state index contributed by atoms with van der Waals surface area (Å²) in [7, 11) is 1.57. The van der Waals surface area contributed by atoms with Crippen LogP contribution in [0.4, 0.5) is 0 Å². The maximum atomic E-state index is 12.2. The Balaban J connectivity index is 2.74. The zero-order chi connectivity index (χ0) is 15.8. The van der Waals surface area contributed by atoms with Gasteiger partial charge in [-0.1, -0.05) is 26.0 Å². The van der Waals surface area contributed by atoms with Gasteiger partial charge in [-0.05, 0) is 43.0 Å². The van der Waals surface area contributed by atoms with E-state index >= 15 is 0 Å². The lowest BCUT2D eigenvalue weighted by atomic mass is 10.0. The highest BCUT2D eigenvalue weighted by molar-refractivity contribution is 5.97. The average molecular weight is 291 g/mol. The molecule has 21 heavy (non-hydrogen) atoms. The molecular weight excluding hydrogens is 266 g/mol. The van der Waals surface area contributed by atoms with Crippen LogP contribution in [-0.4, -0.2) is 31.4 Å². The summed E-state index contributed by atoms with van der Waals surface area (Å²) in [6, 6.07) is 6.79. The van der Waals surface area contributed by atoms with E-state index in [1.165, 1.54) is 0 Å². The van der Waals surface area contributed by atoms with Crippen molar-refractivity contribution in [1.29, 1.82) is 0 Å². The van der Waals surface area contributed by atoms with Gasteiger partial charge in [0.2, 0.25) is 5.91 Å². The van der Waals surface area contributed by atoms with Gasteiger partial charge in [-0.25, -0.2) is 0 Å². The first kappa shape index (κ1) is 17.2. The topological polar surface area (TPSA) is 84.2 Å². The largest absolute Gasteiger partial charge is 0.357 e. The Morgan fingerprint density at radius 2 is 1.81 bits per heavy atom. The SMILES string of the molecule is CNC(=O)C(CC(C)C)NC(=O)c1ccc(CCN)cc1. The number of nitrogens with one attached hydrogen (secondary N) is 2. The average Bonchev–Trinajstić information content (AvgIpc) is 2.46. The fraction of sp³-hybridized carbons (Fsp3) is 0.500. The summed E-state index contributed by atoms with van der Waals surface area (Å²) in [5, 5.41) is 5.38. The third-order valence-corrected chi connectivity index (χ3v) is 3.22. The quantitative estimate of drug-likeness (QED) is 0.703. The minimum atomic E-state index is -0.508. The van der Waals surface area contributed by atoms with Crippen LogP contribution in [0.5, 0.6) is 0 Å². The predicted molar refractivity (Wildman–Crippen MR) is 84.0 cm³/mol. The molecule has 0 heterocycles. The summed E-state index contributed by atoms with van der Waals surface area (Å²) in [4.78, 5) is 24.0. The monoisotopic (exact) mass is 291 g/mol. The van der Waals surface area contributed by atoms with Crippen molar-refractivity contribution in [3.05, 3.63) is 35.4 Å². The number of hydrogen-bond donors (Lipinski definition) is 3. The van der Waals surface area contributed by atoms with Crippen molar-refractivity contribution in [3.63, 3.8) is 0 Å². The molecule has 1 aromatic carbocycles. The van der Waals surface area contributed by atoms with E-state index in [9.17, 15) is 9.59 Å². The first-order valence-corrected chi connectivity index (χ1v) is 7.29. The summed E-state index contributed by atoms with van der Waals surface area (Å²) in [5.41, 5.74) is 7.14. The molecule has 0 aliphatic heterocycles. The first-order valence-electron chi connectivity index (χ1n) is 7.29. The molecule has 0 aliphatic rings. The van der Waals surface area contributed by atoms with Gasteiger partial charge in [0.05, 0.1) is 0 Å². The van der Waals surface area contributed by atoms with Gasteiger partial charge in [0.15, 0.2) is 0 Å². The van der Waals surface area contributed by atoms with Gasteiger partial charge in [0, 0.05) is 12.6 Å². The molecule has 1 rings (SSSR count). The van der Waals surface area contributed by atoms with Crippen molar-refractivity contribution >= 4 is 11.8 Å². The summed E-state index contributed by atoms with van der Waals surface area (Å²) < 4.78 is 0. The third-order valence-electron chi connectivity index (χ3n) is 3.22. The number of carbonyl (C=O) groups is 2. The molecule has 5 heteroatoms. The summed E-state index contributed by atoms with van der Waals surface area (Å²) >= 11 is 0. The van der Waals surface area contributed by atoms with E-state index in [0.29, 0.717) is 24.4 Å². The van der Waals surface area contributed by atoms with E-state index in [0.717, 1.165) is 12.0 Å². The van der Waals surface area contributed by atoms with Crippen molar-refractivity contribution in [2.45, 2.75) is 32.7 Å². The smallest absolute Gasteiger partial charge is 0.251 e. The van der Waals surface area contributed by atoms with Gasteiger partial charge >= 0.3 is 0 Å². The highest BCUT2D eigenvalue weighted by Crippen LogP contribution is 2.08. The molecule has 0 saturated carbocycles. The minimum absolute atomic E-state index is 0.170. The van der Waals surface area contributed by atoms with Crippen LogP contribution >= 0.6 is 0 Å². The fourth-order valence-corrected chi connectivity index (χ4v) is 2.11. The van der Waals surface area contributed by atoms with Crippen LogP contribution in [0.15, 0.2) is 24.3 Å². The number of benzene rings is 1. The summed E-state index contributed by atoms with van der Waals surface area (Å²) in [6.45, 7) is 4.62. The highest BCUT2D eigenvalue weighted by atomic mass is 16.2. The highest BCUT2D eigenvalue weighted by Gasteiger charge is 2.21. The Morgan fingerprint density at radius 1 is 1.19 bits per heavy atom. The van der Waals surface area contributed by atoms with E-state index in [1.54, 1.807) is 19.2 Å². The summed E-state index contributed by atoms with van der Waals surface area (Å²) in [5.74, 6) is -0.0834. The molecule has 0 aromatic heterocycles. The number of hydrogen-bond acceptors (Lipinski definition) is 3. The molecule has 0 bridgehead atoms. The molecule has 116 valence electrons. The van der Waals surface area contributed by atoms with E-state index in [-0.39, 0.29) is 11.8 Å². The van der Waals surface area contributed by atoms with Crippen LogP contribution < -0.4 is 16.4 Å². The van der Waals surface area contributed by atoms with Gasteiger partial charge in [0.1, 0.15) is 6.04 Å². The molecule has 0 radical (unpaired) electrons. The van der Waals surface area contributed by atoms with E-state index in [2.05, 4.69) is 10.6 Å². The Bertz CT molecular complexity index is 469. The Hall–Kier alpha value is -1.88. The second-order valence-electron chi connectivity index (χ2n) is 5.51. The van der Waals surface area contributed by atoms with Crippen molar-refractivity contribution in [3.8, 4) is 0 Å². The molecule has 5 nitrogen and oxygen atoms in total. The van der Waals surface area contributed by atoms with Crippen molar-refractivity contribution in [2.75, 3.05) is 13.6 Å². The first-order chi connectivity index (χ1) is 9.97. The van der Waals surface area contributed by atoms with Crippen LogP contribution in [0.3, 0.4) is 0 Å². The number of nitrogens with two attached hydrogens (primary N) is 1. The minimum Gasteiger partial charge on any atom is -0.357 e. The second kappa shape index (κ2) is 8.42. The molecule has 0 saturated heterocycles. The van der Waals surface area contributed by atoms with Gasteiger partial charge in [-0.3, -0.25) is 9.59 Å². The lowest BCUT2D eigenvalue weighted by molar-refractivity contribution is -0.122. The van der Waals surface area contributed by atoms with Gasteiger partial charge < -0.3 is 16.4 Å². The normalized spacial score (nSPS) is 12.0. The van der Waals surface area contributed by atoms with E-state index < -0.39 is 6.04 Å². The van der Waals surface area contributed by atoms with Crippen molar-refractivity contribution in [2.24, 2.45) is 11.7 Å². The van der Waals surface area contributed by atoms with Gasteiger partial charge in [0.25, 0.3) is 5.91 Å². The maximum absolute atomic E-state index is 12.2. The van der Waals surface area contributed by atoms with E-state index in [4.69, 9.17) is 5.73 Å². The molecule has 0 fully saturated rings. The van der Waals surface area contributed by atoms with Crippen molar-refractivity contribution in [1.82, 2.24) is 10.6 Å². The van der Waals surface area contributed by atoms with Crippen molar-refractivity contribution < 1.29 is 9.59 Å². The van der Waals surface area contributed by atoms with Gasteiger partial charge in [-0.15, -0.1) is 0 Å². The third kappa shape index (κ3) is 5.55. The standard InChI is InChI=1S/C16H25N3O2/c1-11(2)10-14(16(21)18-3)19-15(20)13-6-4-12(5-7-13)8-9-17/h4-7,11,14H,8-10,17H2,1-3H3,(H,18,21)(H,19,20). The number of likely N-dealkylation sites (N-methyl/N-ethyl adjacent to an activating group) is 1. The molecule has 0 aliphatic carbocycles. The van der Waals surface area contributed by atoms with Gasteiger partial charge in [-0.2, -0.15) is 0 Å². The van der Waals surface area contributed by atoms with Crippen LogP contribution in [0.25, 0.3) is 0 Å². The predicted octanol–water partition coefficient (Wildman–Crippen LogP) is 1.08. The fourth-order valence-electron chi connectivity index (χ4n) is 2.11. The number of carbonyl (C=O) groups excluding carboxylic acids is 2. The second-order valence-corrected chi connectivity index (χ2v) is 5.51. The molecule has 1 aromatic rings. The molecule has 2 amide bonds. The Morgan fingerprint density at radius 3 is 2.29 bits per heavy atom. The molecule has 0 spiro atoms. The Labute approximate surface area is 126 Å². The molecular formula is C16H25N3O2. The molecule has 1 unspecified atom stereocenters.